The molecular formula is C20H28N2O6. The SMILES string of the molecule is CCN1C(=O)C(c2ccc(OC)c(OC)c2)=C(N(CCOC)CCOC)C1=O. The second-order valence-electron chi connectivity index (χ2n) is 6.12. The molecule has 0 saturated heterocycles. The predicted molar refractivity (Wildman–Crippen MR) is 104 cm³/mol. The van der Waals surface area contributed by atoms with E-state index in [4.69, 9.17) is 18.9 Å². The molecule has 0 atom stereocenters. The number of benzene rings is 1. The summed E-state index contributed by atoms with van der Waals surface area (Å²) in [6.07, 6.45) is 0. The number of carbonyl (C=O) groups is 2. The van der Waals surface area contributed by atoms with E-state index >= 15 is 0 Å². The average Bonchev–Trinajstić information content (AvgIpc) is 2.97. The van der Waals surface area contributed by atoms with Crippen LogP contribution in [0.4, 0.5) is 0 Å². The molecular weight excluding hydrogens is 364 g/mol. The van der Waals surface area contributed by atoms with Crippen LogP contribution in [-0.4, -0.2) is 82.9 Å². The van der Waals surface area contributed by atoms with E-state index in [1.165, 1.54) is 12.0 Å². The Bertz CT molecular complexity index is 738. The van der Waals surface area contributed by atoms with Gasteiger partial charge in [-0.05, 0) is 24.6 Å². The molecule has 8 nitrogen and oxygen atoms in total. The first-order valence-electron chi connectivity index (χ1n) is 9.09. The fourth-order valence-corrected chi connectivity index (χ4v) is 3.13. The van der Waals surface area contributed by atoms with Crippen LogP contribution < -0.4 is 9.47 Å². The second-order valence-corrected chi connectivity index (χ2v) is 6.12. The van der Waals surface area contributed by atoms with Crippen molar-refractivity contribution in [1.82, 2.24) is 9.80 Å². The van der Waals surface area contributed by atoms with E-state index in [1.54, 1.807) is 46.5 Å². The van der Waals surface area contributed by atoms with Crippen molar-refractivity contribution in [1.29, 1.82) is 0 Å². The van der Waals surface area contributed by atoms with Gasteiger partial charge in [-0.25, -0.2) is 0 Å². The van der Waals surface area contributed by atoms with Crippen LogP contribution in [0.3, 0.4) is 0 Å². The van der Waals surface area contributed by atoms with E-state index in [9.17, 15) is 9.59 Å². The molecule has 1 aliphatic heterocycles. The van der Waals surface area contributed by atoms with Crippen LogP contribution in [0.25, 0.3) is 5.57 Å². The summed E-state index contributed by atoms with van der Waals surface area (Å²) in [5.41, 5.74) is 1.30. The Morgan fingerprint density at radius 1 is 0.893 bits per heavy atom. The van der Waals surface area contributed by atoms with Gasteiger partial charge in [0.05, 0.1) is 33.0 Å². The Labute approximate surface area is 165 Å². The van der Waals surface area contributed by atoms with E-state index in [0.29, 0.717) is 61.2 Å². The normalized spacial score (nSPS) is 14.1. The van der Waals surface area contributed by atoms with E-state index in [2.05, 4.69) is 0 Å². The van der Waals surface area contributed by atoms with Gasteiger partial charge in [0.25, 0.3) is 11.8 Å². The van der Waals surface area contributed by atoms with Crippen LogP contribution in [0.15, 0.2) is 23.9 Å². The van der Waals surface area contributed by atoms with Crippen molar-refractivity contribution in [2.24, 2.45) is 0 Å². The molecule has 0 radical (unpaired) electrons. The lowest BCUT2D eigenvalue weighted by Crippen LogP contribution is -2.37. The van der Waals surface area contributed by atoms with Gasteiger partial charge in [-0.1, -0.05) is 6.07 Å². The molecule has 0 aromatic heterocycles. The third-order valence-electron chi connectivity index (χ3n) is 4.58. The number of likely N-dealkylation sites (N-methyl/N-ethyl adjacent to an activating group) is 1. The lowest BCUT2D eigenvalue weighted by molar-refractivity contribution is -0.137. The molecule has 8 heteroatoms. The van der Waals surface area contributed by atoms with Crippen molar-refractivity contribution in [3.05, 3.63) is 29.5 Å². The third-order valence-corrected chi connectivity index (χ3v) is 4.58. The smallest absolute Gasteiger partial charge is 0.277 e. The summed E-state index contributed by atoms with van der Waals surface area (Å²) in [5, 5.41) is 0. The van der Waals surface area contributed by atoms with Crippen molar-refractivity contribution in [2.75, 3.05) is 61.3 Å². The van der Waals surface area contributed by atoms with Gasteiger partial charge in [-0.2, -0.15) is 0 Å². The number of hydrogen-bond acceptors (Lipinski definition) is 7. The first-order valence-corrected chi connectivity index (χ1v) is 9.09. The minimum atomic E-state index is -0.324. The zero-order valence-electron chi connectivity index (χ0n) is 17.1. The second kappa shape index (κ2) is 10.1. The maximum absolute atomic E-state index is 13.0. The lowest BCUT2D eigenvalue weighted by Gasteiger charge is -2.25. The van der Waals surface area contributed by atoms with Gasteiger partial charge >= 0.3 is 0 Å². The number of carbonyl (C=O) groups excluding carboxylic acids is 2. The van der Waals surface area contributed by atoms with Crippen molar-refractivity contribution in [2.45, 2.75) is 6.92 Å². The number of rotatable bonds is 11. The van der Waals surface area contributed by atoms with Crippen LogP contribution in [0.5, 0.6) is 11.5 Å². The Hall–Kier alpha value is -2.58. The van der Waals surface area contributed by atoms with Gasteiger partial charge in [0, 0.05) is 33.9 Å². The highest BCUT2D eigenvalue weighted by Crippen LogP contribution is 2.36. The zero-order chi connectivity index (χ0) is 20.7. The molecule has 2 rings (SSSR count). The molecule has 0 unspecified atom stereocenters. The Kier molecular flexibility index (Phi) is 7.83. The molecule has 28 heavy (non-hydrogen) atoms. The summed E-state index contributed by atoms with van der Waals surface area (Å²) in [6, 6.07) is 5.19. The van der Waals surface area contributed by atoms with Gasteiger partial charge in [0.1, 0.15) is 5.70 Å². The molecule has 0 spiro atoms. The van der Waals surface area contributed by atoms with Crippen LogP contribution in [0.2, 0.25) is 0 Å². The Morgan fingerprint density at radius 3 is 2.00 bits per heavy atom. The fraction of sp³-hybridized carbons (Fsp3) is 0.500. The standard InChI is InChI=1S/C20H28N2O6/c1-6-22-19(23)17(14-7-8-15(27-4)16(13-14)28-5)18(20(22)24)21(9-11-25-2)10-12-26-3/h7-8,13H,6,9-12H2,1-5H3. The molecule has 0 saturated carbocycles. The molecule has 0 aliphatic carbocycles. The minimum Gasteiger partial charge on any atom is -0.493 e. The van der Waals surface area contributed by atoms with E-state index in [1.807, 2.05) is 4.90 Å². The number of ether oxygens (including phenoxy) is 4. The predicted octanol–water partition coefficient (Wildman–Crippen LogP) is 1.40. The zero-order valence-corrected chi connectivity index (χ0v) is 17.1. The van der Waals surface area contributed by atoms with Crippen molar-refractivity contribution < 1.29 is 28.5 Å². The van der Waals surface area contributed by atoms with Gasteiger partial charge in [-0.3, -0.25) is 14.5 Å². The Morgan fingerprint density at radius 2 is 1.50 bits per heavy atom. The van der Waals surface area contributed by atoms with Gasteiger partial charge in [0.2, 0.25) is 0 Å². The van der Waals surface area contributed by atoms with E-state index in [0.717, 1.165) is 0 Å². The van der Waals surface area contributed by atoms with Crippen molar-refractivity contribution in [3.8, 4) is 11.5 Å². The molecule has 1 aromatic rings. The summed E-state index contributed by atoms with van der Waals surface area (Å²) in [5.74, 6) is 0.398. The summed E-state index contributed by atoms with van der Waals surface area (Å²) < 4.78 is 21.0. The van der Waals surface area contributed by atoms with Crippen molar-refractivity contribution in [3.63, 3.8) is 0 Å². The van der Waals surface area contributed by atoms with Gasteiger partial charge in [0.15, 0.2) is 11.5 Å². The minimum absolute atomic E-state index is 0.292. The molecule has 0 N–H and O–H groups in total. The highest BCUT2D eigenvalue weighted by Gasteiger charge is 2.40. The maximum atomic E-state index is 13.0. The first-order chi connectivity index (χ1) is 13.5. The van der Waals surface area contributed by atoms with E-state index < -0.39 is 0 Å². The maximum Gasteiger partial charge on any atom is 0.277 e. The average molecular weight is 392 g/mol. The lowest BCUT2D eigenvalue weighted by atomic mass is 10.0. The van der Waals surface area contributed by atoms with Crippen LogP contribution >= 0.6 is 0 Å². The summed E-state index contributed by atoms with van der Waals surface area (Å²) in [7, 11) is 6.26. The monoisotopic (exact) mass is 392 g/mol. The quantitative estimate of drug-likeness (QED) is 0.527. The highest BCUT2D eigenvalue weighted by atomic mass is 16.5. The fourth-order valence-electron chi connectivity index (χ4n) is 3.13. The van der Waals surface area contributed by atoms with Crippen molar-refractivity contribution >= 4 is 17.4 Å². The Balaban J connectivity index is 2.60. The summed E-state index contributed by atoms with van der Waals surface area (Å²) >= 11 is 0. The molecule has 0 fully saturated rings. The number of methoxy groups -OCH3 is 4. The number of amides is 2. The summed E-state index contributed by atoms with van der Waals surface area (Å²) in [6.45, 7) is 3.82. The number of nitrogens with zero attached hydrogens (tertiary/aromatic N) is 2. The molecule has 1 aromatic carbocycles. The molecule has 154 valence electrons. The van der Waals surface area contributed by atoms with Crippen LogP contribution in [0, 0.1) is 0 Å². The molecule has 1 aliphatic rings. The topological polar surface area (TPSA) is 77.5 Å². The van der Waals surface area contributed by atoms with E-state index in [-0.39, 0.29) is 11.8 Å². The van der Waals surface area contributed by atoms with Crippen LogP contribution in [0.1, 0.15) is 12.5 Å². The third kappa shape index (κ3) is 4.28. The molecule has 2 amide bonds. The highest BCUT2D eigenvalue weighted by molar-refractivity contribution is 6.35. The van der Waals surface area contributed by atoms with Gasteiger partial charge in [-0.15, -0.1) is 0 Å². The largest absolute Gasteiger partial charge is 0.493 e. The van der Waals surface area contributed by atoms with Gasteiger partial charge < -0.3 is 23.8 Å². The molecule has 1 heterocycles. The molecule has 0 bridgehead atoms. The number of hydrogen-bond donors (Lipinski definition) is 0. The van der Waals surface area contributed by atoms with Crippen LogP contribution in [-0.2, 0) is 19.1 Å². The number of imide groups is 1. The first kappa shape index (κ1) is 21.7. The summed E-state index contributed by atoms with van der Waals surface area (Å²) in [4.78, 5) is 29.2.